The van der Waals surface area contributed by atoms with Crippen molar-refractivity contribution in [3.8, 4) is 0 Å². The van der Waals surface area contributed by atoms with Gasteiger partial charge in [0.15, 0.2) is 0 Å². The van der Waals surface area contributed by atoms with Gasteiger partial charge in [-0.25, -0.2) is 4.68 Å². The van der Waals surface area contributed by atoms with Crippen molar-refractivity contribution in [3.05, 3.63) is 61.0 Å². The van der Waals surface area contributed by atoms with Crippen LogP contribution in [0.4, 0.5) is 11.4 Å². The molecule has 1 aromatic carbocycles. The van der Waals surface area contributed by atoms with Crippen molar-refractivity contribution in [3.63, 3.8) is 0 Å². The Morgan fingerprint density at radius 3 is 2.38 bits per heavy atom. The maximum atomic E-state index is 12.6. The van der Waals surface area contributed by atoms with Gasteiger partial charge in [-0.15, -0.1) is 0 Å². The molecule has 1 aliphatic rings. The van der Waals surface area contributed by atoms with E-state index in [1.165, 1.54) is 28.9 Å². The minimum absolute atomic E-state index is 0.0469. The number of hydrogen-bond donors (Lipinski definition) is 0. The summed E-state index contributed by atoms with van der Waals surface area (Å²) in [6, 6.07) is 5.58. The number of nitrogens with zero attached hydrogens (tertiary/aromatic N) is 5. The fourth-order valence-corrected chi connectivity index (χ4v) is 3.39. The van der Waals surface area contributed by atoms with E-state index in [9.17, 15) is 19.7 Å². The average molecular weight is 422 g/mol. The maximum Gasteiger partial charge on any atom is 0.282 e. The molecule has 1 saturated heterocycles. The standard InChI is InChI=1S/C16H16BrN5O4/c1-19-16(24)14(17)13(10-18-19)20-6-8-21(9-7-20)15(23)11-2-4-12(5-3-11)22(25)26/h2-5,10H,6-9H2,1H3. The third kappa shape index (κ3) is 3.45. The lowest BCUT2D eigenvalue weighted by Crippen LogP contribution is -2.49. The largest absolute Gasteiger partial charge is 0.366 e. The Hall–Kier alpha value is -2.75. The molecule has 9 nitrogen and oxygen atoms in total. The number of halogens is 1. The van der Waals surface area contributed by atoms with Gasteiger partial charge in [0.25, 0.3) is 17.2 Å². The van der Waals surface area contributed by atoms with Crippen LogP contribution in [0.2, 0.25) is 0 Å². The quantitative estimate of drug-likeness (QED) is 0.548. The Bertz CT molecular complexity index is 904. The molecule has 1 aromatic heterocycles. The summed E-state index contributed by atoms with van der Waals surface area (Å²) in [6.45, 7) is 2.09. The normalized spacial score (nSPS) is 14.4. The highest BCUT2D eigenvalue weighted by atomic mass is 79.9. The second-order valence-electron chi connectivity index (χ2n) is 5.86. The molecule has 0 saturated carbocycles. The Balaban J connectivity index is 1.68. The highest BCUT2D eigenvalue weighted by molar-refractivity contribution is 9.10. The first kappa shape index (κ1) is 18.1. The number of anilines is 1. The molecule has 1 aliphatic heterocycles. The van der Waals surface area contributed by atoms with Crippen molar-refractivity contribution in [1.29, 1.82) is 0 Å². The van der Waals surface area contributed by atoms with Crippen LogP contribution in [-0.2, 0) is 7.05 Å². The molecular formula is C16H16BrN5O4. The number of non-ortho nitro benzene ring substituents is 1. The molecule has 0 spiro atoms. The Morgan fingerprint density at radius 1 is 1.19 bits per heavy atom. The second-order valence-corrected chi connectivity index (χ2v) is 6.65. The number of nitro groups is 1. The van der Waals surface area contributed by atoms with Gasteiger partial charge in [0.05, 0.1) is 16.8 Å². The van der Waals surface area contributed by atoms with E-state index in [-0.39, 0.29) is 17.2 Å². The molecule has 10 heteroatoms. The lowest BCUT2D eigenvalue weighted by molar-refractivity contribution is -0.384. The number of benzene rings is 1. The summed E-state index contributed by atoms with van der Waals surface area (Å²) in [4.78, 5) is 38.4. The number of hydrogen-bond acceptors (Lipinski definition) is 6. The third-order valence-corrected chi connectivity index (χ3v) is 5.04. The van der Waals surface area contributed by atoms with Gasteiger partial charge < -0.3 is 9.80 Å². The van der Waals surface area contributed by atoms with E-state index in [0.29, 0.717) is 41.9 Å². The Kier molecular flexibility index (Phi) is 5.03. The van der Waals surface area contributed by atoms with E-state index in [1.807, 2.05) is 4.90 Å². The zero-order valence-corrected chi connectivity index (χ0v) is 15.5. The number of aromatic nitrogens is 2. The molecule has 1 fully saturated rings. The number of rotatable bonds is 3. The van der Waals surface area contributed by atoms with Gasteiger partial charge in [0.2, 0.25) is 0 Å². The summed E-state index contributed by atoms with van der Waals surface area (Å²) in [5, 5.41) is 14.7. The third-order valence-electron chi connectivity index (χ3n) is 4.29. The first-order chi connectivity index (χ1) is 12.4. The number of piperazine rings is 1. The van der Waals surface area contributed by atoms with E-state index in [4.69, 9.17) is 0 Å². The van der Waals surface area contributed by atoms with Gasteiger partial charge in [-0.05, 0) is 28.1 Å². The van der Waals surface area contributed by atoms with E-state index < -0.39 is 4.92 Å². The summed E-state index contributed by atoms with van der Waals surface area (Å²) >= 11 is 3.32. The van der Waals surface area contributed by atoms with Crippen LogP contribution in [0.5, 0.6) is 0 Å². The predicted molar refractivity (Wildman–Crippen MR) is 98.4 cm³/mol. The van der Waals surface area contributed by atoms with Crippen molar-refractivity contribution in [2.24, 2.45) is 7.05 Å². The average Bonchev–Trinajstić information content (AvgIpc) is 2.66. The fraction of sp³-hybridized carbons (Fsp3) is 0.312. The summed E-state index contributed by atoms with van der Waals surface area (Å²) in [5.41, 5.74) is 0.859. The highest BCUT2D eigenvalue weighted by Gasteiger charge is 2.24. The van der Waals surface area contributed by atoms with Crippen LogP contribution in [0.25, 0.3) is 0 Å². The molecule has 0 atom stereocenters. The molecule has 2 heterocycles. The highest BCUT2D eigenvalue weighted by Crippen LogP contribution is 2.23. The van der Waals surface area contributed by atoms with Gasteiger partial charge >= 0.3 is 0 Å². The van der Waals surface area contributed by atoms with Crippen LogP contribution in [0.1, 0.15) is 10.4 Å². The van der Waals surface area contributed by atoms with Crippen molar-refractivity contribution < 1.29 is 9.72 Å². The van der Waals surface area contributed by atoms with Crippen LogP contribution in [0.15, 0.2) is 39.7 Å². The van der Waals surface area contributed by atoms with E-state index in [0.717, 1.165) is 0 Å². The SMILES string of the molecule is Cn1ncc(N2CCN(C(=O)c3ccc([N+](=O)[O-])cc3)CC2)c(Br)c1=O. The van der Waals surface area contributed by atoms with Crippen LogP contribution in [0.3, 0.4) is 0 Å². The molecule has 3 rings (SSSR count). The number of carbonyl (C=O) groups excluding carboxylic acids is 1. The van der Waals surface area contributed by atoms with E-state index in [1.54, 1.807) is 18.1 Å². The zero-order valence-electron chi connectivity index (χ0n) is 14.0. The van der Waals surface area contributed by atoms with E-state index in [2.05, 4.69) is 21.0 Å². The summed E-state index contributed by atoms with van der Waals surface area (Å²) < 4.78 is 1.70. The minimum Gasteiger partial charge on any atom is -0.366 e. The second kappa shape index (κ2) is 7.24. The van der Waals surface area contributed by atoms with Crippen molar-refractivity contribution >= 4 is 33.2 Å². The first-order valence-corrected chi connectivity index (χ1v) is 8.68. The van der Waals surface area contributed by atoms with Gasteiger partial charge in [-0.3, -0.25) is 19.7 Å². The van der Waals surface area contributed by atoms with E-state index >= 15 is 0 Å². The molecular weight excluding hydrogens is 406 g/mol. The Labute approximate surface area is 157 Å². The number of carbonyl (C=O) groups is 1. The number of nitro benzene ring substituents is 1. The summed E-state index contributed by atoms with van der Waals surface area (Å²) in [5.74, 6) is -0.166. The number of amides is 1. The van der Waals surface area contributed by atoms with Crippen molar-refractivity contribution in [2.75, 3.05) is 31.1 Å². The molecule has 26 heavy (non-hydrogen) atoms. The molecule has 0 aliphatic carbocycles. The summed E-state index contributed by atoms with van der Waals surface area (Å²) in [7, 11) is 1.58. The molecule has 0 N–H and O–H groups in total. The molecule has 136 valence electrons. The maximum absolute atomic E-state index is 12.6. The zero-order chi connectivity index (χ0) is 18.8. The Morgan fingerprint density at radius 2 is 1.81 bits per heavy atom. The number of aryl methyl sites for hydroxylation is 1. The lowest BCUT2D eigenvalue weighted by atomic mass is 10.1. The van der Waals surface area contributed by atoms with Crippen LogP contribution < -0.4 is 10.5 Å². The van der Waals surface area contributed by atoms with Gasteiger partial charge in [-0.1, -0.05) is 0 Å². The monoisotopic (exact) mass is 421 g/mol. The molecule has 1 amide bonds. The summed E-state index contributed by atoms with van der Waals surface area (Å²) in [6.07, 6.45) is 1.62. The first-order valence-electron chi connectivity index (χ1n) is 7.89. The fourth-order valence-electron chi connectivity index (χ4n) is 2.78. The minimum atomic E-state index is -0.497. The molecule has 0 unspecified atom stereocenters. The van der Waals surface area contributed by atoms with Gasteiger partial charge in [0, 0.05) is 50.9 Å². The van der Waals surface area contributed by atoms with Crippen molar-refractivity contribution in [1.82, 2.24) is 14.7 Å². The molecule has 0 bridgehead atoms. The predicted octanol–water partition coefficient (Wildman–Crippen LogP) is 1.41. The molecule has 0 radical (unpaired) electrons. The van der Waals surface area contributed by atoms with Gasteiger partial charge in [-0.2, -0.15) is 5.10 Å². The van der Waals surface area contributed by atoms with Crippen LogP contribution in [0, 0.1) is 10.1 Å². The van der Waals surface area contributed by atoms with Crippen LogP contribution >= 0.6 is 15.9 Å². The van der Waals surface area contributed by atoms with Gasteiger partial charge in [0.1, 0.15) is 4.47 Å². The topological polar surface area (TPSA) is 102 Å². The van der Waals surface area contributed by atoms with Crippen LogP contribution in [-0.4, -0.2) is 51.7 Å². The smallest absolute Gasteiger partial charge is 0.282 e. The molecule has 2 aromatic rings. The lowest BCUT2D eigenvalue weighted by Gasteiger charge is -2.36. The van der Waals surface area contributed by atoms with Crippen molar-refractivity contribution in [2.45, 2.75) is 0 Å².